The Hall–Kier alpha value is -2.17. The smallest absolute Gasteiger partial charge is 0.444 e. The third kappa shape index (κ3) is 4.70. The van der Waals surface area contributed by atoms with Crippen LogP contribution in [0.2, 0.25) is 0 Å². The maximum absolute atomic E-state index is 12.8. The van der Waals surface area contributed by atoms with E-state index in [1.165, 1.54) is 12.1 Å². The lowest BCUT2D eigenvalue weighted by Crippen LogP contribution is -2.63. The average Bonchev–Trinajstić information content (AvgIpc) is 3.07. The highest BCUT2D eigenvalue weighted by molar-refractivity contribution is 9.10. The summed E-state index contributed by atoms with van der Waals surface area (Å²) in [5.74, 6) is -0.423. The number of hydrogen-bond acceptors (Lipinski definition) is 6. The molecule has 7 nitrogen and oxygen atoms in total. The van der Waals surface area contributed by atoms with Crippen molar-refractivity contribution < 1.29 is 31.9 Å². The number of amides is 1. The quantitative estimate of drug-likeness (QED) is 0.539. The number of carbonyl (C=O) groups excluding carboxylic acids is 1. The predicted molar refractivity (Wildman–Crippen MR) is 110 cm³/mol. The molecule has 2 unspecified atom stereocenters. The number of rotatable bonds is 2. The first-order valence-electron chi connectivity index (χ1n) is 10.0. The Bertz CT molecular complexity index is 974. The molecule has 1 amide bonds. The molecule has 3 heterocycles. The minimum atomic E-state index is -4.84. The molecule has 2 aliphatic heterocycles. The molecule has 0 radical (unpaired) electrons. The van der Waals surface area contributed by atoms with Crippen molar-refractivity contribution in [3.05, 3.63) is 16.6 Å². The van der Waals surface area contributed by atoms with E-state index in [0.717, 1.165) is 19.3 Å². The van der Waals surface area contributed by atoms with Crippen molar-refractivity contribution in [2.45, 2.75) is 64.1 Å². The summed E-state index contributed by atoms with van der Waals surface area (Å²) in [6.07, 6.45) is -2.58. The number of ether oxygens (including phenoxy) is 2. The van der Waals surface area contributed by atoms with Gasteiger partial charge in [0.25, 0.3) is 6.01 Å². The molecule has 1 aromatic carbocycles. The SMILES string of the molecule is CC(C)(C)OC(=O)N1C2CCCC1CN(c1nc3c(OC(F)(F)F)ccc(Br)c3o1)C2. The molecule has 2 fully saturated rings. The predicted octanol–water partition coefficient (Wildman–Crippen LogP) is 5.47. The van der Waals surface area contributed by atoms with Crippen molar-refractivity contribution in [2.24, 2.45) is 0 Å². The lowest BCUT2D eigenvalue weighted by Gasteiger charge is -2.49. The Morgan fingerprint density at radius 3 is 2.42 bits per heavy atom. The van der Waals surface area contributed by atoms with E-state index in [1.807, 2.05) is 25.7 Å². The molecule has 0 saturated carbocycles. The third-order valence-electron chi connectivity index (χ3n) is 5.27. The van der Waals surface area contributed by atoms with E-state index in [0.29, 0.717) is 17.6 Å². The number of alkyl halides is 3. The summed E-state index contributed by atoms with van der Waals surface area (Å²) in [5, 5.41) is 0. The van der Waals surface area contributed by atoms with Crippen molar-refractivity contribution in [3.63, 3.8) is 0 Å². The number of anilines is 1. The minimum Gasteiger partial charge on any atom is -0.444 e. The van der Waals surface area contributed by atoms with Crippen LogP contribution in [0.3, 0.4) is 0 Å². The molecule has 0 aliphatic carbocycles. The van der Waals surface area contributed by atoms with Gasteiger partial charge in [0.2, 0.25) is 0 Å². The second-order valence-corrected chi connectivity index (χ2v) is 9.65. The second-order valence-electron chi connectivity index (χ2n) is 8.80. The molecule has 4 rings (SSSR count). The third-order valence-corrected chi connectivity index (χ3v) is 5.90. The number of fused-ring (bicyclic) bond motifs is 3. The van der Waals surface area contributed by atoms with Gasteiger partial charge >= 0.3 is 12.5 Å². The summed E-state index contributed by atoms with van der Waals surface area (Å²) in [6, 6.07) is 2.64. The van der Waals surface area contributed by atoms with Crippen molar-refractivity contribution in [1.29, 1.82) is 0 Å². The Balaban J connectivity index is 1.61. The van der Waals surface area contributed by atoms with Gasteiger partial charge in [-0.1, -0.05) is 0 Å². The van der Waals surface area contributed by atoms with Crippen LogP contribution in [-0.2, 0) is 4.74 Å². The van der Waals surface area contributed by atoms with E-state index >= 15 is 0 Å². The Morgan fingerprint density at radius 1 is 1.19 bits per heavy atom. The number of nitrogens with zero attached hydrogens (tertiary/aromatic N) is 3. The van der Waals surface area contributed by atoms with Gasteiger partial charge in [-0.3, -0.25) is 4.90 Å². The number of piperidine rings is 1. The first-order chi connectivity index (χ1) is 14.4. The van der Waals surface area contributed by atoms with E-state index in [4.69, 9.17) is 9.15 Å². The summed E-state index contributed by atoms with van der Waals surface area (Å²) in [7, 11) is 0. The largest absolute Gasteiger partial charge is 0.573 e. The zero-order valence-corrected chi connectivity index (χ0v) is 18.9. The van der Waals surface area contributed by atoms with Gasteiger partial charge in [-0.05, 0) is 68.1 Å². The van der Waals surface area contributed by atoms with E-state index in [9.17, 15) is 18.0 Å². The molecule has 31 heavy (non-hydrogen) atoms. The van der Waals surface area contributed by atoms with Crippen LogP contribution >= 0.6 is 15.9 Å². The van der Waals surface area contributed by atoms with Crippen LogP contribution in [0.25, 0.3) is 11.1 Å². The van der Waals surface area contributed by atoms with Gasteiger partial charge in [0, 0.05) is 13.1 Å². The zero-order chi connectivity index (χ0) is 22.6. The summed E-state index contributed by atoms with van der Waals surface area (Å²) in [5.41, 5.74) is -0.429. The molecular weight excluding hydrogens is 483 g/mol. The van der Waals surface area contributed by atoms with Crippen molar-refractivity contribution >= 4 is 39.1 Å². The molecule has 1 aromatic heterocycles. The van der Waals surface area contributed by atoms with E-state index in [-0.39, 0.29) is 35.3 Å². The summed E-state index contributed by atoms with van der Waals surface area (Å²) < 4.78 is 54.3. The monoisotopic (exact) mass is 505 g/mol. The highest BCUT2D eigenvalue weighted by atomic mass is 79.9. The first-order valence-corrected chi connectivity index (χ1v) is 10.8. The van der Waals surface area contributed by atoms with Crippen LogP contribution in [0, 0.1) is 0 Å². The maximum Gasteiger partial charge on any atom is 0.573 e. The number of piperazine rings is 1. The van der Waals surface area contributed by atoms with Gasteiger partial charge in [0.05, 0.1) is 16.6 Å². The molecular formula is C20H23BrF3N3O4. The van der Waals surface area contributed by atoms with Crippen molar-refractivity contribution in [2.75, 3.05) is 18.0 Å². The fraction of sp³-hybridized carbons (Fsp3) is 0.600. The molecule has 0 spiro atoms. The van der Waals surface area contributed by atoms with Crippen LogP contribution < -0.4 is 9.64 Å². The van der Waals surface area contributed by atoms with Crippen LogP contribution in [0.1, 0.15) is 40.0 Å². The zero-order valence-electron chi connectivity index (χ0n) is 17.3. The number of carbonyl (C=O) groups is 1. The molecule has 170 valence electrons. The van der Waals surface area contributed by atoms with Gasteiger partial charge in [-0.25, -0.2) is 4.79 Å². The van der Waals surface area contributed by atoms with E-state index < -0.39 is 17.7 Å². The van der Waals surface area contributed by atoms with E-state index in [2.05, 4.69) is 25.7 Å². The first kappa shape index (κ1) is 22.0. The Kier molecular flexibility index (Phi) is 5.51. The summed E-state index contributed by atoms with van der Waals surface area (Å²) >= 11 is 3.29. The van der Waals surface area contributed by atoms with Crippen molar-refractivity contribution in [3.8, 4) is 5.75 Å². The maximum atomic E-state index is 12.8. The fourth-order valence-corrected chi connectivity index (χ4v) is 4.56. The molecule has 2 bridgehead atoms. The van der Waals surface area contributed by atoms with E-state index in [1.54, 1.807) is 4.90 Å². The molecule has 0 N–H and O–H groups in total. The van der Waals surface area contributed by atoms with Crippen LogP contribution in [0.15, 0.2) is 21.0 Å². The van der Waals surface area contributed by atoms with Crippen LogP contribution in [0.4, 0.5) is 24.0 Å². The van der Waals surface area contributed by atoms with Gasteiger partial charge in [-0.15, -0.1) is 13.2 Å². The van der Waals surface area contributed by atoms with Crippen LogP contribution in [0.5, 0.6) is 5.75 Å². The second kappa shape index (κ2) is 7.75. The topological polar surface area (TPSA) is 68.0 Å². The highest BCUT2D eigenvalue weighted by Crippen LogP contribution is 2.39. The van der Waals surface area contributed by atoms with Gasteiger partial charge in [-0.2, -0.15) is 4.98 Å². The standard InChI is InChI=1S/C20H23BrF3N3O4/c1-19(2,3)31-18(28)27-11-5-4-6-12(27)10-26(9-11)17-25-15-14(30-20(22,23)24)8-7-13(21)16(15)29-17/h7-8,11-12H,4-6,9-10H2,1-3H3. The lowest BCUT2D eigenvalue weighted by molar-refractivity contribution is -0.274. The molecule has 2 atom stereocenters. The highest BCUT2D eigenvalue weighted by Gasteiger charge is 2.43. The number of aromatic nitrogens is 1. The summed E-state index contributed by atoms with van der Waals surface area (Å²) in [6.45, 7) is 6.39. The molecule has 2 saturated heterocycles. The minimum absolute atomic E-state index is 0.0126. The molecule has 2 aromatic rings. The number of benzene rings is 1. The molecule has 11 heteroatoms. The van der Waals surface area contributed by atoms with Crippen LogP contribution in [-0.4, -0.2) is 53.1 Å². The lowest BCUT2D eigenvalue weighted by atomic mass is 9.92. The van der Waals surface area contributed by atoms with Gasteiger partial charge < -0.3 is 18.8 Å². The Morgan fingerprint density at radius 2 is 1.84 bits per heavy atom. The fourth-order valence-electron chi connectivity index (χ4n) is 4.16. The average molecular weight is 506 g/mol. The van der Waals surface area contributed by atoms with Gasteiger partial charge in [0.1, 0.15) is 5.60 Å². The normalized spacial score (nSPS) is 22.0. The summed E-state index contributed by atoms with van der Waals surface area (Å²) in [4.78, 5) is 20.7. The van der Waals surface area contributed by atoms with Gasteiger partial charge in [0.15, 0.2) is 16.8 Å². The number of hydrogen-bond donors (Lipinski definition) is 0. The molecule has 2 aliphatic rings. The number of halogens is 4. The number of oxazole rings is 1. The van der Waals surface area contributed by atoms with Crippen molar-refractivity contribution in [1.82, 2.24) is 9.88 Å². The Labute approximate surface area is 185 Å².